The van der Waals surface area contributed by atoms with Gasteiger partial charge in [-0.05, 0) is 25.9 Å². The van der Waals surface area contributed by atoms with Crippen molar-refractivity contribution in [3.05, 3.63) is 12.2 Å². The third-order valence-electron chi connectivity index (χ3n) is 3.05. The van der Waals surface area contributed by atoms with Crippen LogP contribution in [0.4, 0.5) is 0 Å². The standard InChI is InChI=1S/C12H21N5O2/c1-17-9-15-11(16-17)4-7-14-12(18)8-19-10-2-5-13-6-3-10/h9-10,13H,2-8H2,1H3,(H,14,18). The van der Waals surface area contributed by atoms with Gasteiger partial charge in [0.25, 0.3) is 0 Å². The second-order valence-electron chi connectivity index (χ2n) is 4.69. The second-order valence-corrected chi connectivity index (χ2v) is 4.69. The van der Waals surface area contributed by atoms with Crippen LogP contribution in [0.5, 0.6) is 0 Å². The van der Waals surface area contributed by atoms with Gasteiger partial charge in [-0.15, -0.1) is 0 Å². The number of hydrogen-bond donors (Lipinski definition) is 2. The molecular formula is C12H21N5O2. The van der Waals surface area contributed by atoms with Crippen LogP contribution in [-0.4, -0.2) is 53.0 Å². The fourth-order valence-electron chi connectivity index (χ4n) is 2.02. The van der Waals surface area contributed by atoms with Crippen LogP contribution < -0.4 is 10.6 Å². The number of hydrogen-bond acceptors (Lipinski definition) is 5. The molecule has 0 aromatic carbocycles. The number of carbonyl (C=O) groups excluding carboxylic acids is 1. The van der Waals surface area contributed by atoms with Gasteiger partial charge in [-0.2, -0.15) is 5.10 Å². The Kier molecular flexibility index (Phi) is 5.29. The molecule has 7 heteroatoms. The van der Waals surface area contributed by atoms with Crippen LogP contribution in [0.3, 0.4) is 0 Å². The largest absolute Gasteiger partial charge is 0.368 e. The SMILES string of the molecule is Cn1cnc(CCNC(=O)COC2CCNCC2)n1. The number of nitrogens with zero attached hydrogens (tertiary/aromatic N) is 3. The van der Waals surface area contributed by atoms with Gasteiger partial charge in [-0.3, -0.25) is 9.48 Å². The van der Waals surface area contributed by atoms with Gasteiger partial charge in [0.2, 0.25) is 5.91 Å². The van der Waals surface area contributed by atoms with Crippen LogP contribution in [0, 0.1) is 0 Å². The van der Waals surface area contributed by atoms with Gasteiger partial charge < -0.3 is 15.4 Å². The third-order valence-corrected chi connectivity index (χ3v) is 3.05. The van der Waals surface area contributed by atoms with E-state index in [9.17, 15) is 4.79 Å². The van der Waals surface area contributed by atoms with E-state index in [-0.39, 0.29) is 18.6 Å². The molecule has 1 aromatic rings. The number of nitrogens with one attached hydrogen (secondary N) is 2. The molecule has 2 heterocycles. The average molecular weight is 267 g/mol. The molecule has 0 spiro atoms. The molecule has 1 aliphatic heterocycles. The number of aryl methyl sites for hydroxylation is 1. The minimum absolute atomic E-state index is 0.0746. The lowest BCUT2D eigenvalue weighted by molar-refractivity contribution is -0.128. The Morgan fingerprint density at radius 2 is 2.37 bits per heavy atom. The normalized spacial score (nSPS) is 16.5. The fraction of sp³-hybridized carbons (Fsp3) is 0.750. The van der Waals surface area contributed by atoms with Gasteiger partial charge in [0.1, 0.15) is 12.9 Å². The van der Waals surface area contributed by atoms with Gasteiger partial charge in [0, 0.05) is 20.0 Å². The molecule has 19 heavy (non-hydrogen) atoms. The third kappa shape index (κ3) is 4.96. The maximum Gasteiger partial charge on any atom is 0.246 e. The van der Waals surface area contributed by atoms with Crippen molar-refractivity contribution in [3.8, 4) is 0 Å². The number of amides is 1. The van der Waals surface area contributed by atoms with Crippen molar-refractivity contribution in [3.63, 3.8) is 0 Å². The first-order valence-electron chi connectivity index (χ1n) is 6.67. The van der Waals surface area contributed by atoms with Crippen LogP contribution in [0.1, 0.15) is 18.7 Å². The van der Waals surface area contributed by atoms with E-state index in [1.54, 1.807) is 11.0 Å². The molecule has 0 bridgehead atoms. The Labute approximate surface area is 112 Å². The monoisotopic (exact) mass is 267 g/mol. The number of ether oxygens (including phenoxy) is 1. The molecule has 1 fully saturated rings. The summed E-state index contributed by atoms with van der Waals surface area (Å²) in [5.41, 5.74) is 0. The zero-order valence-electron chi connectivity index (χ0n) is 11.3. The second kappa shape index (κ2) is 7.20. The lowest BCUT2D eigenvalue weighted by Crippen LogP contribution is -2.36. The van der Waals surface area contributed by atoms with Crippen LogP contribution in [0.2, 0.25) is 0 Å². The highest BCUT2D eigenvalue weighted by Gasteiger charge is 2.14. The summed E-state index contributed by atoms with van der Waals surface area (Å²) in [5.74, 6) is 0.663. The zero-order chi connectivity index (χ0) is 13.5. The van der Waals surface area contributed by atoms with Gasteiger partial charge in [0.05, 0.1) is 6.10 Å². The first-order chi connectivity index (χ1) is 9.24. The molecule has 1 aromatic heterocycles. The summed E-state index contributed by atoms with van der Waals surface area (Å²) in [6.45, 7) is 2.62. The molecule has 1 aliphatic rings. The molecule has 0 atom stereocenters. The molecule has 1 amide bonds. The molecule has 1 saturated heterocycles. The summed E-state index contributed by atoms with van der Waals surface area (Å²) in [5, 5.41) is 10.2. The highest BCUT2D eigenvalue weighted by molar-refractivity contribution is 5.77. The van der Waals surface area contributed by atoms with Crippen molar-refractivity contribution < 1.29 is 9.53 Å². The maximum atomic E-state index is 11.6. The van der Waals surface area contributed by atoms with Crippen molar-refractivity contribution in [2.24, 2.45) is 7.05 Å². The molecule has 0 aliphatic carbocycles. The number of piperidine rings is 1. The van der Waals surface area contributed by atoms with Gasteiger partial charge >= 0.3 is 0 Å². The smallest absolute Gasteiger partial charge is 0.246 e. The fourth-order valence-corrected chi connectivity index (χ4v) is 2.02. The van der Waals surface area contributed by atoms with E-state index in [1.807, 2.05) is 7.05 Å². The molecule has 0 radical (unpaired) electrons. The molecule has 2 rings (SSSR count). The van der Waals surface area contributed by atoms with Crippen molar-refractivity contribution in [2.45, 2.75) is 25.4 Å². The average Bonchev–Trinajstić information content (AvgIpc) is 2.83. The van der Waals surface area contributed by atoms with Gasteiger partial charge in [0.15, 0.2) is 5.82 Å². The minimum atomic E-state index is -0.0746. The Hall–Kier alpha value is -1.47. The number of rotatable bonds is 6. The van der Waals surface area contributed by atoms with Crippen LogP contribution >= 0.6 is 0 Å². The highest BCUT2D eigenvalue weighted by atomic mass is 16.5. The Morgan fingerprint density at radius 3 is 3.05 bits per heavy atom. The summed E-state index contributed by atoms with van der Waals surface area (Å²) in [7, 11) is 1.82. The molecule has 2 N–H and O–H groups in total. The van der Waals surface area contributed by atoms with E-state index >= 15 is 0 Å². The predicted molar refractivity (Wildman–Crippen MR) is 69.6 cm³/mol. The summed E-state index contributed by atoms with van der Waals surface area (Å²) >= 11 is 0. The lowest BCUT2D eigenvalue weighted by Gasteiger charge is -2.22. The van der Waals surface area contributed by atoms with Crippen LogP contribution in [0.25, 0.3) is 0 Å². The van der Waals surface area contributed by atoms with E-state index in [2.05, 4.69) is 20.7 Å². The topological polar surface area (TPSA) is 81.1 Å². The Bertz CT molecular complexity index is 401. The first-order valence-corrected chi connectivity index (χ1v) is 6.67. The first kappa shape index (κ1) is 14.0. The quantitative estimate of drug-likeness (QED) is 0.708. The van der Waals surface area contributed by atoms with E-state index < -0.39 is 0 Å². The summed E-state index contributed by atoms with van der Waals surface area (Å²) in [4.78, 5) is 15.7. The van der Waals surface area contributed by atoms with E-state index in [4.69, 9.17) is 4.74 Å². The minimum Gasteiger partial charge on any atom is -0.368 e. The van der Waals surface area contributed by atoms with Crippen LogP contribution in [0.15, 0.2) is 6.33 Å². The van der Waals surface area contributed by atoms with E-state index in [0.29, 0.717) is 13.0 Å². The maximum absolute atomic E-state index is 11.6. The van der Waals surface area contributed by atoms with Gasteiger partial charge in [-0.25, -0.2) is 4.98 Å². The van der Waals surface area contributed by atoms with Crippen molar-refractivity contribution in [1.82, 2.24) is 25.4 Å². The number of carbonyl (C=O) groups is 1. The van der Waals surface area contributed by atoms with Gasteiger partial charge in [-0.1, -0.05) is 0 Å². The van der Waals surface area contributed by atoms with Crippen molar-refractivity contribution in [2.75, 3.05) is 26.2 Å². The molecule has 106 valence electrons. The molecule has 7 nitrogen and oxygen atoms in total. The van der Waals surface area contributed by atoms with E-state index in [0.717, 1.165) is 31.8 Å². The summed E-state index contributed by atoms with van der Waals surface area (Å²) in [6.07, 6.45) is 4.46. The summed E-state index contributed by atoms with van der Waals surface area (Å²) in [6, 6.07) is 0. The van der Waals surface area contributed by atoms with Crippen molar-refractivity contribution >= 4 is 5.91 Å². The zero-order valence-corrected chi connectivity index (χ0v) is 11.3. The Morgan fingerprint density at radius 1 is 1.58 bits per heavy atom. The predicted octanol–water partition coefficient (Wildman–Crippen LogP) is -0.758. The number of aromatic nitrogens is 3. The van der Waals surface area contributed by atoms with Crippen LogP contribution in [-0.2, 0) is 23.0 Å². The van der Waals surface area contributed by atoms with E-state index in [1.165, 1.54) is 0 Å². The summed E-state index contributed by atoms with van der Waals surface area (Å²) < 4.78 is 7.21. The lowest BCUT2D eigenvalue weighted by atomic mass is 10.1. The molecule has 0 unspecified atom stereocenters. The molecule has 0 saturated carbocycles. The highest BCUT2D eigenvalue weighted by Crippen LogP contribution is 2.06. The molecular weight excluding hydrogens is 246 g/mol. The van der Waals surface area contributed by atoms with Crippen molar-refractivity contribution in [1.29, 1.82) is 0 Å². The Balaban J connectivity index is 1.56.